The third-order valence-corrected chi connectivity index (χ3v) is 3.69. The topological polar surface area (TPSA) is 29.5 Å². The number of carbonyl (C=O) groups excluding carboxylic acids is 1. The van der Waals surface area contributed by atoms with Gasteiger partial charge in [0.2, 0.25) is 0 Å². The van der Waals surface area contributed by atoms with E-state index in [2.05, 4.69) is 0 Å². The predicted molar refractivity (Wildman–Crippen MR) is 89.5 cm³/mol. The highest BCUT2D eigenvalue weighted by atomic mass is 35.5. The molecule has 22 heavy (non-hydrogen) atoms. The lowest BCUT2D eigenvalue weighted by atomic mass is 10.2. The first-order valence-corrected chi connectivity index (χ1v) is 7.63. The average Bonchev–Trinajstić information content (AvgIpc) is 2.51. The lowest BCUT2D eigenvalue weighted by Gasteiger charge is -2.22. The van der Waals surface area contributed by atoms with Gasteiger partial charge in [0.05, 0.1) is 0 Å². The van der Waals surface area contributed by atoms with Gasteiger partial charge in [0, 0.05) is 23.6 Å². The van der Waals surface area contributed by atoms with Gasteiger partial charge in [-0.15, -0.1) is 0 Å². The molecule has 0 saturated heterocycles. The fraction of sp³-hybridized carbons (Fsp3) is 0.235. The Balaban J connectivity index is 1.94. The fourth-order valence-electron chi connectivity index (χ4n) is 2.02. The zero-order chi connectivity index (χ0) is 16.1. The zero-order valence-electron chi connectivity index (χ0n) is 12.4. The maximum absolute atomic E-state index is 12.3. The van der Waals surface area contributed by atoms with Crippen LogP contribution in [-0.2, 0) is 11.3 Å². The number of amides is 1. The molecule has 1 atom stereocenters. The van der Waals surface area contributed by atoms with Crippen LogP contribution in [0.25, 0.3) is 0 Å². The number of rotatable bonds is 5. The van der Waals surface area contributed by atoms with Gasteiger partial charge < -0.3 is 9.64 Å². The van der Waals surface area contributed by atoms with Crippen molar-refractivity contribution in [2.45, 2.75) is 19.6 Å². The van der Waals surface area contributed by atoms with E-state index in [9.17, 15) is 4.79 Å². The van der Waals surface area contributed by atoms with Crippen LogP contribution in [0.15, 0.2) is 48.5 Å². The van der Waals surface area contributed by atoms with Gasteiger partial charge >= 0.3 is 0 Å². The van der Waals surface area contributed by atoms with Crippen LogP contribution in [-0.4, -0.2) is 24.0 Å². The Labute approximate surface area is 140 Å². The molecule has 0 heterocycles. The first-order chi connectivity index (χ1) is 10.5. The summed E-state index contributed by atoms with van der Waals surface area (Å²) in [5.41, 5.74) is 1.01. The summed E-state index contributed by atoms with van der Waals surface area (Å²) in [6.07, 6.45) is -0.571. The van der Waals surface area contributed by atoms with E-state index in [1.54, 1.807) is 43.1 Å². The second-order valence-electron chi connectivity index (χ2n) is 5.03. The summed E-state index contributed by atoms with van der Waals surface area (Å²) in [5.74, 6) is 0.523. The number of hydrogen-bond donors (Lipinski definition) is 0. The smallest absolute Gasteiger partial charge is 0.263 e. The molecule has 0 aromatic heterocycles. The van der Waals surface area contributed by atoms with Gasteiger partial charge in [-0.2, -0.15) is 0 Å². The molecular weight excluding hydrogens is 321 g/mol. The molecule has 0 spiro atoms. The number of hydrogen-bond acceptors (Lipinski definition) is 2. The quantitative estimate of drug-likeness (QED) is 0.808. The molecule has 2 rings (SSSR count). The first kappa shape index (κ1) is 16.7. The second-order valence-corrected chi connectivity index (χ2v) is 5.91. The van der Waals surface area contributed by atoms with E-state index in [4.69, 9.17) is 27.9 Å². The standard InChI is InChI=1S/C17H17Cl2NO2/c1-12(22-16-9-7-15(19)8-10-16)17(21)20(2)11-13-3-5-14(18)6-4-13/h3-10,12H,11H2,1-2H3. The molecule has 1 unspecified atom stereocenters. The molecule has 0 bridgehead atoms. The SMILES string of the molecule is CC(Oc1ccc(Cl)cc1)C(=O)N(C)Cc1ccc(Cl)cc1. The Bertz CT molecular complexity index is 571. The number of likely N-dealkylation sites (N-methyl/N-ethyl adjacent to an activating group) is 1. The molecule has 1 amide bonds. The summed E-state index contributed by atoms with van der Waals surface area (Å²) in [5, 5.41) is 1.31. The minimum atomic E-state index is -0.571. The van der Waals surface area contributed by atoms with Crippen molar-refractivity contribution in [2.24, 2.45) is 0 Å². The van der Waals surface area contributed by atoms with E-state index >= 15 is 0 Å². The molecule has 2 aromatic carbocycles. The van der Waals surface area contributed by atoms with Crippen LogP contribution >= 0.6 is 23.2 Å². The third kappa shape index (κ3) is 4.65. The van der Waals surface area contributed by atoms with Crippen molar-refractivity contribution in [3.8, 4) is 5.75 Å². The van der Waals surface area contributed by atoms with Gasteiger partial charge in [-0.1, -0.05) is 35.3 Å². The molecule has 0 fully saturated rings. The molecule has 5 heteroatoms. The van der Waals surface area contributed by atoms with Gasteiger partial charge in [0.1, 0.15) is 5.75 Å². The van der Waals surface area contributed by atoms with Gasteiger partial charge in [-0.3, -0.25) is 4.79 Å². The molecular formula is C17H17Cl2NO2. The van der Waals surface area contributed by atoms with E-state index in [1.165, 1.54) is 0 Å². The van der Waals surface area contributed by atoms with Crippen molar-refractivity contribution in [1.29, 1.82) is 0 Å². The van der Waals surface area contributed by atoms with Gasteiger partial charge in [-0.25, -0.2) is 0 Å². The van der Waals surface area contributed by atoms with E-state index in [0.717, 1.165) is 5.56 Å². The van der Waals surface area contributed by atoms with Crippen LogP contribution in [0.3, 0.4) is 0 Å². The van der Waals surface area contributed by atoms with Crippen molar-refractivity contribution < 1.29 is 9.53 Å². The molecule has 0 N–H and O–H groups in total. The molecule has 0 radical (unpaired) electrons. The van der Waals surface area contributed by atoms with Gasteiger partial charge in [0.25, 0.3) is 5.91 Å². The summed E-state index contributed by atoms with van der Waals surface area (Å²) in [7, 11) is 1.75. The second kappa shape index (κ2) is 7.52. The van der Waals surface area contributed by atoms with Crippen molar-refractivity contribution in [1.82, 2.24) is 4.90 Å². The highest BCUT2D eigenvalue weighted by molar-refractivity contribution is 6.30. The highest BCUT2D eigenvalue weighted by Crippen LogP contribution is 2.18. The van der Waals surface area contributed by atoms with E-state index in [-0.39, 0.29) is 5.91 Å². The zero-order valence-corrected chi connectivity index (χ0v) is 13.9. The summed E-state index contributed by atoms with van der Waals surface area (Å²) in [4.78, 5) is 14.0. The lowest BCUT2D eigenvalue weighted by Crippen LogP contribution is -2.37. The minimum absolute atomic E-state index is 0.0927. The number of ether oxygens (including phenoxy) is 1. The van der Waals surface area contributed by atoms with Crippen LogP contribution in [0.4, 0.5) is 0 Å². The Kier molecular flexibility index (Phi) is 5.69. The monoisotopic (exact) mass is 337 g/mol. The van der Waals surface area contributed by atoms with Gasteiger partial charge in [-0.05, 0) is 48.9 Å². The Morgan fingerprint density at radius 2 is 1.55 bits per heavy atom. The van der Waals surface area contributed by atoms with Crippen LogP contribution in [0.2, 0.25) is 10.0 Å². The lowest BCUT2D eigenvalue weighted by molar-refractivity contribution is -0.137. The van der Waals surface area contributed by atoms with Crippen LogP contribution in [0, 0.1) is 0 Å². The van der Waals surface area contributed by atoms with Crippen molar-refractivity contribution >= 4 is 29.1 Å². The van der Waals surface area contributed by atoms with Crippen LogP contribution < -0.4 is 4.74 Å². The Hall–Kier alpha value is -1.71. The Morgan fingerprint density at radius 3 is 2.09 bits per heavy atom. The van der Waals surface area contributed by atoms with Crippen molar-refractivity contribution in [3.05, 3.63) is 64.1 Å². The number of carbonyl (C=O) groups is 1. The summed E-state index contributed by atoms with van der Waals surface area (Å²) < 4.78 is 5.64. The minimum Gasteiger partial charge on any atom is -0.481 e. The largest absolute Gasteiger partial charge is 0.481 e. The highest BCUT2D eigenvalue weighted by Gasteiger charge is 2.19. The molecule has 0 aliphatic rings. The normalized spacial score (nSPS) is 11.8. The molecule has 0 aliphatic carbocycles. The first-order valence-electron chi connectivity index (χ1n) is 6.87. The third-order valence-electron chi connectivity index (χ3n) is 3.18. The maximum atomic E-state index is 12.3. The van der Waals surface area contributed by atoms with E-state index in [1.807, 2.05) is 24.3 Å². The summed E-state index contributed by atoms with van der Waals surface area (Å²) in [6, 6.07) is 14.4. The average molecular weight is 338 g/mol. The molecule has 0 aliphatic heterocycles. The van der Waals surface area contributed by atoms with Gasteiger partial charge in [0.15, 0.2) is 6.10 Å². The summed E-state index contributed by atoms with van der Waals surface area (Å²) in [6.45, 7) is 2.24. The number of benzene rings is 2. The van der Waals surface area contributed by atoms with E-state index in [0.29, 0.717) is 22.3 Å². The van der Waals surface area contributed by atoms with Crippen LogP contribution in [0.1, 0.15) is 12.5 Å². The molecule has 2 aromatic rings. The predicted octanol–water partition coefficient (Wildman–Crippen LogP) is 4.42. The summed E-state index contributed by atoms with van der Waals surface area (Å²) >= 11 is 11.7. The van der Waals surface area contributed by atoms with Crippen molar-refractivity contribution in [3.63, 3.8) is 0 Å². The van der Waals surface area contributed by atoms with E-state index < -0.39 is 6.10 Å². The number of halogens is 2. The number of nitrogens with zero attached hydrogens (tertiary/aromatic N) is 1. The molecule has 3 nitrogen and oxygen atoms in total. The van der Waals surface area contributed by atoms with Crippen molar-refractivity contribution in [2.75, 3.05) is 7.05 Å². The maximum Gasteiger partial charge on any atom is 0.263 e. The molecule has 0 saturated carbocycles. The fourth-order valence-corrected chi connectivity index (χ4v) is 2.27. The molecule has 116 valence electrons. The Morgan fingerprint density at radius 1 is 1.05 bits per heavy atom. The van der Waals surface area contributed by atoms with Crippen LogP contribution in [0.5, 0.6) is 5.75 Å².